The van der Waals surface area contributed by atoms with Crippen molar-refractivity contribution >= 4 is 6.09 Å². The fraction of sp³-hybridized carbons (Fsp3) is 0.632. The topological polar surface area (TPSA) is 38.8 Å². The molecule has 1 fully saturated rings. The van der Waals surface area contributed by atoms with E-state index in [1.165, 1.54) is 24.3 Å². The van der Waals surface area contributed by atoms with Gasteiger partial charge in [-0.25, -0.2) is 9.18 Å². The van der Waals surface area contributed by atoms with Gasteiger partial charge < -0.3 is 14.4 Å². The number of hydrogen-bond donors (Lipinski definition) is 0. The van der Waals surface area contributed by atoms with E-state index in [4.69, 9.17) is 9.47 Å². The highest BCUT2D eigenvalue weighted by atomic mass is 19.4. The Kier molecular flexibility index (Phi) is 6.72. The fourth-order valence-electron chi connectivity index (χ4n) is 3.05. The van der Waals surface area contributed by atoms with E-state index in [1.807, 2.05) is 0 Å². The molecule has 1 aliphatic rings. The normalized spacial score (nSPS) is 17.7. The van der Waals surface area contributed by atoms with Crippen LogP contribution >= 0.6 is 0 Å². The Morgan fingerprint density at radius 2 is 1.70 bits per heavy atom. The first-order valence-electron chi connectivity index (χ1n) is 8.86. The van der Waals surface area contributed by atoms with Gasteiger partial charge in [0.05, 0.1) is 6.10 Å². The largest absolute Gasteiger partial charge is 0.444 e. The highest BCUT2D eigenvalue weighted by Crippen LogP contribution is 2.35. The summed E-state index contributed by atoms with van der Waals surface area (Å²) in [6.45, 7) is 4.67. The first-order valence-corrected chi connectivity index (χ1v) is 8.86. The van der Waals surface area contributed by atoms with Gasteiger partial charge in [0, 0.05) is 13.1 Å². The predicted octanol–water partition coefficient (Wildman–Crippen LogP) is 5.09. The minimum absolute atomic E-state index is 0.212. The summed E-state index contributed by atoms with van der Waals surface area (Å²) in [4.78, 5) is 13.7. The Morgan fingerprint density at radius 3 is 2.19 bits per heavy atom. The molecule has 2 rings (SSSR count). The molecule has 0 radical (unpaired) electrons. The molecule has 1 heterocycles. The fourth-order valence-corrected chi connectivity index (χ4v) is 3.05. The zero-order valence-electron chi connectivity index (χ0n) is 15.7. The molecule has 8 heteroatoms. The molecule has 1 amide bonds. The highest BCUT2D eigenvalue weighted by Gasteiger charge is 2.35. The molecule has 1 unspecified atom stereocenters. The van der Waals surface area contributed by atoms with Crippen LogP contribution in [0.1, 0.15) is 45.3 Å². The molecule has 0 N–H and O–H groups in total. The molecule has 27 heavy (non-hydrogen) atoms. The zero-order valence-corrected chi connectivity index (χ0v) is 15.7. The van der Waals surface area contributed by atoms with Crippen LogP contribution in [0.15, 0.2) is 24.3 Å². The average molecular weight is 391 g/mol. The molecule has 0 bridgehead atoms. The molecule has 4 nitrogen and oxygen atoms in total. The molecule has 1 atom stereocenters. The van der Waals surface area contributed by atoms with E-state index in [2.05, 4.69) is 0 Å². The second-order valence-corrected chi connectivity index (χ2v) is 7.70. The van der Waals surface area contributed by atoms with Crippen molar-refractivity contribution in [2.75, 3.05) is 19.7 Å². The Bertz CT molecular complexity index is 617. The van der Waals surface area contributed by atoms with Crippen LogP contribution in [0.2, 0.25) is 0 Å². The van der Waals surface area contributed by atoms with Gasteiger partial charge in [-0.1, -0.05) is 12.1 Å². The Balaban J connectivity index is 2.04. The molecule has 1 aromatic carbocycles. The van der Waals surface area contributed by atoms with Gasteiger partial charge in [0.15, 0.2) is 0 Å². The highest BCUT2D eigenvalue weighted by molar-refractivity contribution is 5.68. The number of rotatable bonds is 4. The van der Waals surface area contributed by atoms with Crippen LogP contribution in [0.4, 0.5) is 22.4 Å². The lowest BCUT2D eigenvalue weighted by molar-refractivity contribution is -0.193. The molecule has 0 spiro atoms. The Morgan fingerprint density at radius 1 is 1.15 bits per heavy atom. The van der Waals surface area contributed by atoms with Crippen LogP contribution in [0.3, 0.4) is 0 Å². The maximum Gasteiger partial charge on any atom is 0.411 e. The van der Waals surface area contributed by atoms with Gasteiger partial charge in [-0.3, -0.25) is 0 Å². The summed E-state index contributed by atoms with van der Waals surface area (Å²) < 4.78 is 61.6. The van der Waals surface area contributed by atoms with Crippen LogP contribution in [-0.2, 0) is 9.47 Å². The number of hydrogen-bond acceptors (Lipinski definition) is 3. The number of carbonyl (C=O) groups excluding carboxylic acids is 1. The third kappa shape index (κ3) is 7.01. The summed E-state index contributed by atoms with van der Waals surface area (Å²) in [5, 5.41) is 0. The molecule has 1 saturated heterocycles. The number of halogens is 4. The number of ether oxygens (including phenoxy) is 2. The number of alkyl halides is 3. The van der Waals surface area contributed by atoms with Crippen molar-refractivity contribution in [2.45, 2.75) is 51.5 Å². The van der Waals surface area contributed by atoms with E-state index in [0.29, 0.717) is 31.5 Å². The second-order valence-electron chi connectivity index (χ2n) is 7.70. The minimum Gasteiger partial charge on any atom is -0.444 e. The number of benzene rings is 1. The van der Waals surface area contributed by atoms with Gasteiger partial charge in [0.25, 0.3) is 0 Å². The van der Waals surface area contributed by atoms with Crippen molar-refractivity contribution < 1.29 is 31.8 Å². The van der Waals surface area contributed by atoms with Gasteiger partial charge in [-0.15, -0.1) is 0 Å². The number of piperidine rings is 1. The summed E-state index contributed by atoms with van der Waals surface area (Å²) in [6.07, 6.45) is -4.75. The Labute approximate surface area is 156 Å². The lowest BCUT2D eigenvalue weighted by Gasteiger charge is -2.36. The third-order valence-electron chi connectivity index (χ3n) is 4.24. The van der Waals surface area contributed by atoms with Crippen molar-refractivity contribution in [1.29, 1.82) is 0 Å². The maximum atomic E-state index is 13.2. The molecule has 1 aromatic rings. The minimum atomic E-state index is -4.45. The molecule has 0 saturated carbocycles. The van der Waals surface area contributed by atoms with Crippen molar-refractivity contribution in [3.8, 4) is 0 Å². The van der Waals surface area contributed by atoms with E-state index in [9.17, 15) is 22.4 Å². The summed E-state index contributed by atoms with van der Waals surface area (Å²) in [5.74, 6) is -0.676. The maximum absolute atomic E-state index is 13.2. The van der Waals surface area contributed by atoms with E-state index < -0.39 is 36.4 Å². The van der Waals surface area contributed by atoms with E-state index in [0.717, 1.165) is 0 Å². The molecule has 152 valence electrons. The monoisotopic (exact) mass is 391 g/mol. The molecular formula is C19H25F4NO3. The summed E-state index contributed by atoms with van der Waals surface area (Å²) in [6, 6.07) is 5.29. The zero-order chi connectivity index (χ0) is 20.2. The quantitative estimate of drug-likeness (QED) is 0.671. The predicted molar refractivity (Wildman–Crippen MR) is 91.7 cm³/mol. The van der Waals surface area contributed by atoms with E-state index >= 15 is 0 Å². The van der Waals surface area contributed by atoms with Crippen LogP contribution in [0.5, 0.6) is 0 Å². The van der Waals surface area contributed by atoms with Crippen molar-refractivity contribution in [3.63, 3.8) is 0 Å². The van der Waals surface area contributed by atoms with Crippen molar-refractivity contribution in [3.05, 3.63) is 35.6 Å². The average Bonchev–Trinajstić information content (AvgIpc) is 2.54. The molecular weight excluding hydrogens is 366 g/mol. The summed E-state index contributed by atoms with van der Waals surface area (Å²) >= 11 is 0. The van der Waals surface area contributed by atoms with E-state index in [1.54, 1.807) is 25.7 Å². The third-order valence-corrected chi connectivity index (χ3v) is 4.24. The summed E-state index contributed by atoms with van der Waals surface area (Å²) in [7, 11) is 0. The number of nitrogens with zero attached hydrogens (tertiary/aromatic N) is 1. The number of amides is 1. The first-order chi connectivity index (χ1) is 12.4. The van der Waals surface area contributed by atoms with Gasteiger partial charge in [-0.2, -0.15) is 13.2 Å². The van der Waals surface area contributed by atoms with Crippen LogP contribution in [0, 0.1) is 11.7 Å². The standard InChI is InChI=1S/C19H25F4NO3/c1-18(2,3)27-17(25)24-10-8-14(9-11-24)16(26-12-19(21,22)23)13-4-6-15(20)7-5-13/h4-7,14,16H,8-12H2,1-3H3. The smallest absolute Gasteiger partial charge is 0.411 e. The SMILES string of the molecule is CC(C)(C)OC(=O)N1CCC(C(OCC(F)(F)F)c2ccc(F)cc2)CC1. The number of likely N-dealkylation sites (tertiary alicyclic amines) is 1. The molecule has 0 aliphatic carbocycles. The Hall–Kier alpha value is -1.83. The second kappa shape index (κ2) is 8.46. The van der Waals surface area contributed by atoms with E-state index in [-0.39, 0.29) is 5.92 Å². The van der Waals surface area contributed by atoms with Crippen LogP contribution in [0.25, 0.3) is 0 Å². The number of carbonyl (C=O) groups is 1. The summed E-state index contributed by atoms with van der Waals surface area (Å²) in [5.41, 5.74) is -0.114. The van der Waals surface area contributed by atoms with Gasteiger partial charge >= 0.3 is 12.3 Å². The molecule has 1 aliphatic heterocycles. The lowest BCUT2D eigenvalue weighted by Crippen LogP contribution is -2.43. The van der Waals surface area contributed by atoms with Gasteiger partial charge in [0.2, 0.25) is 0 Å². The van der Waals surface area contributed by atoms with Crippen LogP contribution < -0.4 is 0 Å². The van der Waals surface area contributed by atoms with Crippen LogP contribution in [-0.4, -0.2) is 42.5 Å². The first kappa shape index (κ1) is 21.5. The van der Waals surface area contributed by atoms with Crippen molar-refractivity contribution in [1.82, 2.24) is 4.90 Å². The van der Waals surface area contributed by atoms with Crippen molar-refractivity contribution in [2.24, 2.45) is 5.92 Å². The van der Waals surface area contributed by atoms with Gasteiger partial charge in [-0.05, 0) is 57.2 Å². The lowest BCUT2D eigenvalue weighted by atomic mass is 9.87. The van der Waals surface area contributed by atoms with Gasteiger partial charge in [0.1, 0.15) is 18.0 Å². The molecule has 0 aromatic heterocycles.